The molecule has 0 saturated carbocycles. The first-order valence-corrected chi connectivity index (χ1v) is 8.88. The molecule has 0 aromatic heterocycles. The van der Waals surface area contributed by atoms with E-state index in [1.54, 1.807) is 0 Å². The van der Waals surface area contributed by atoms with E-state index in [4.69, 9.17) is 5.26 Å². The summed E-state index contributed by atoms with van der Waals surface area (Å²) in [6.07, 6.45) is 1.54. The first kappa shape index (κ1) is 15.8. The van der Waals surface area contributed by atoms with Gasteiger partial charge in [0.25, 0.3) is 0 Å². The van der Waals surface area contributed by atoms with E-state index in [2.05, 4.69) is 43.3 Å². The highest BCUT2D eigenvalue weighted by Gasteiger charge is 2.28. The number of alkyl halides is 1. The zero-order chi connectivity index (χ0) is 17.4. The molecule has 0 radical (unpaired) electrons. The van der Waals surface area contributed by atoms with Crippen molar-refractivity contribution in [2.24, 2.45) is 5.92 Å². The molecule has 0 aliphatic heterocycles. The third-order valence-electron chi connectivity index (χ3n) is 5.49. The van der Waals surface area contributed by atoms with E-state index in [0.29, 0.717) is 12.0 Å². The summed E-state index contributed by atoms with van der Waals surface area (Å²) in [4.78, 5) is 0. The Morgan fingerprint density at radius 1 is 1.00 bits per heavy atom. The van der Waals surface area contributed by atoms with Gasteiger partial charge in [0, 0.05) is 6.42 Å². The third kappa shape index (κ3) is 2.81. The van der Waals surface area contributed by atoms with Gasteiger partial charge in [-0.15, -0.1) is 0 Å². The van der Waals surface area contributed by atoms with Crippen molar-refractivity contribution in [3.8, 4) is 17.2 Å². The topological polar surface area (TPSA) is 23.8 Å². The van der Waals surface area contributed by atoms with Gasteiger partial charge in [-0.05, 0) is 63.6 Å². The standard InChI is InChI=1S/C23H20FN/c1-2-16-11-20-8-7-19-12-18(17-5-3-15(14-25)4-6-17)9-10-21(19)22(20)13-23(16)24/h3-10,12,16,23H,2,11,13H2,1H3. The summed E-state index contributed by atoms with van der Waals surface area (Å²) >= 11 is 0. The maximum absolute atomic E-state index is 14.4. The molecule has 3 aromatic rings. The number of hydrogen-bond acceptors (Lipinski definition) is 1. The Morgan fingerprint density at radius 3 is 2.48 bits per heavy atom. The van der Waals surface area contributed by atoms with E-state index in [1.807, 2.05) is 24.3 Å². The molecule has 25 heavy (non-hydrogen) atoms. The van der Waals surface area contributed by atoms with Crippen molar-refractivity contribution in [3.05, 3.63) is 71.3 Å². The molecule has 2 atom stereocenters. The number of fused-ring (bicyclic) bond motifs is 3. The monoisotopic (exact) mass is 329 g/mol. The lowest BCUT2D eigenvalue weighted by molar-refractivity contribution is 0.208. The van der Waals surface area contributed by atoms with Crippen LogP contribution in [0.4, 0.5) is 4.39 Å². The predicted molar refractivity (Wildman–Crippen MR) is 100 cm³/mol. The molecule has 1 aliphatic carbocycles. The van der Waals surface area contributed by atoms with Crippen LogP contribution in [0, 0.1) is 17.2 Å². The fraction of sp³-hybridized carbons (Fsp3) is 0.261. The minimum atomic E-state index is -0.735. The van der Waals surface area contributed by atoms with Gasteiger partial charge in [0.15, 0.2) is 0 Å². The fourth-order valence-corrected chi connectivity index (χ4v) is 3.96. The Kier molecular flexibility index (Phi) is 4.01. The number of halogens is 1. The SMILES string of the molecule is CCC1Cc2ccc3cc(-c4ccc(C#N)cc4)ccc3c2CC1F. The van der Waals surface area contributed by atoms with Gasteiger partial charge in [0.05, 0.1) is 11.6 Å². The highest BCUT2D eigenvalue weighted by molar-refractivity contribution is 5.91. The summed E-state index contributed by atoms with van der Waals surface area (Å²) in [6.45, 7) is 2.08. The summed E-state index contributed by atoms with van der Waals surface area (Å²) in [6, 6.07) is 20.5. The first-order chi connectivity index (χ1) is 12.2. The maximum atomic E-state index is 14.4. The average Bonchev–Trinajstić information content (AvgIpc) is 2.67. The molecule has 0 fully saturated rings. The lowest BCUT2D eigenvalue weighted by atomic mass is 9.79. The molecule has 0 amide bonds. The van der Waals surface area contributed by atoms with Gasteiger partial charge >= 0.3 is 0 Å². The lowest BCUT2D eigenvalue weighted by Gasteiger charge is -2.28. The van der Waals surface area contributed by atoms with Crippen LogP contribution in [0.3, 0.4) is 0 Å². The van der Waals surface area contributed by atoms with E-state index in [1.165, 1.54) is 16.5 Å². The van der Waals surface area contributed by atoms with Gasteiger partial charge in [-0.1, -0.05) is 49.7 Å². The summed E-state index contributed by atoms with van der Waals surface area (Å²) in [7, 11) is 0. The number of nitriles is 1. The molecular weight excluding hydrogens is 309 g/mol. The van der Waals surface area contributed by atoms with Crippen molar-refractivity contribution in [3.63, 3.8) is 0 Å². The Hall–Kier alpha value is -2.66. The summed E-state index contributed by atoms with van der Waals surface area (Å²) in [5, 5.41) is 11.3. The quantitative estimate of drug-likeness (QED) is 0.579. The van der Waals surface area contributed by atoms with E-state index in [-0.39, 0.29) is 5.92 Å². The van der Waals surface area contributed by atoms with Crippen LogP contribution in [0.1, 0.15) is 30.0 Å². The smallest absolute Gasteiger partial charge is 0.107 e. The van der Waals surface area contributed by atoms with Crippen molar-refractivity contribution in [1.82, 2.24) is 0 Å². The average molecular weight is 329 g/mol. The minimum Gasteiger partial charge on any atom is -0.247 e. The van der Waals surface area contributed by atoms with Gasteiger partial charge in [-0.2, -0.15) is 5.26 Å². The number of hydrogen-bond donors (Lipinski definition) is 0. The van der Waals surface area contributed by atoms with Crippen LogP contribution in [0.15, 0.2) is 54.6 Å². The van der Waals surface area contributed by atoms with Crippen LogP contribution in [-0.2, 0) is 12.8 Å². The highest BCUT2D eigenvalue weighted by atomic mass is 19.1. The van der Waals surface area contributed by atoms with E-state index >= 15 is 0 Å². The molecule has 2 unspecified atom stereocenters. The Morgan fingerprint density at radius 2 is 1.76 bits per heavy atom. The Balaban J connectivity index is 1.77. The Bertz CT molecular complexity index is 966. The molecule has 2 heteroatoms. The van der Waals surface area contributed by atoms with Crippen molar-refractivity contribution >= 4 is 10.8 Å². The van der Waals surface area contributed by atoms with Crippen LogP contribution in [0.25, 0.3) is 21.9 Å². The largest absolute Gasteiger partial charge is 0.247 e. The van der Waals surface area contributed by atoms with Gasteiger partial charge in [0.1, 0.15) is 6.17 Å². The number of benzene rings is 3. The zero-order valence-corrected chi connectivity index (χ0v) is 14.3. The fourth-order valence-electron chi connectivity index (χ4n) is 3.96. The van der Waals surface area contributed by atoms with E-state index < -0.39 is 6.17 Å². The summed E-state index contributed by atoms with van der Waals surface area (Å²) in [5.41, 5.74) is 5.36. The number of rotatable bonds is 2. The second kappa shape index (κ2) is 6.33. The maximum Gasteiger partial charge on any atom is 0.107 e. The van der Waals surface area contributed by atoms with E-state index in [9.17, 15) is 4.39 Å². The molecular formula is C23H20FN. The van der Waals surface area contributed by atoms with Gasteiger partial charge in [0.2, 0.25) is 0 Å². The van der Waals surface area contributed by atoms with Crippen LogP contribution < -0.4 is 0 Å². The molecule has 1 aliphatic rings. The number of nitrogens with zero attached hydrogens (tertiary/aromatic N) is 1. The normalized spacial score (nSPS) is 19.4. The summed E-state index contributed by atoms with van der Waals surface area (Å²) < 4.78 is 14.4. The molecule has 0 N–H and O–H groups in total. The molecule has 3 aromatic carbocycles. The van der Waals surface area contributed by atoms with Crippen molar-refractivity contribution in [1.29, 1.82) is 5.26 Å². The molecule has 4 rings (SSSR count). The second-order valence-corrected chi connectivity index (χ2v) is 6.92. The van der Waals surface area contributed by atoms with Crippen LogP contribution >= 0.6 is 0 Å². The molecule has 0 spiro atoms. The van der Waals surface area contributed by atoms with Crippen molar-refractivity contribution in [2.45, 2.75) is 32.4 Å². The zero-order valence-electron chi connectivity index (χ0n) is 14.3. The van der Waals surface area contributed by atoms with Gasteiger partial charge in [-0.25, -0.2) is 4.39 Å². The van der Waals surface area contributed by atoms with Gasteiger partial charge in [-0.3, -0.25) is 0 Å². The first-order valence-electron chi connectivity index (χ1n) is 8.88. The van der Waals surface area contributed by atoms with Crippen LogP contribution in [0.2, 0.25) is 0 Å². The summed E-state index contributed by atoms with van der Waals surface area (Å²) in [5.74, 6) is 0.155. The molecule has 0 saturated heterocycles. The molecule has 0 bridgehead atoms. The lowest BCUT2D eigenvalue weighted by Crippen LogP contribution is -2.26. The predicted octanol–water partition coefficient (Wildman–Crippen LogP) is 5.84. The van der Waals surface area contributed by atoms with Crippen LogP contribution in [-0.4, -0.2) is 6.17 Å². The molecule has 124 valence electrons. The van der Waals surface area contributed by atoms with Crippen molar-refractivity contribution < 1.29 is 4.39 Å². The molecule has 0 heterocycles. The molecule has 1 nitrogen and oxygen atoms in total. The van der Waals surface area contributed by atoms with Crippen molar-refractivity contribution in [2.75, 3.05) is 0 Å². The third-order valence-corrected chi connectivity index (χ3v) is 5.49. The van der Waals surface area contributed by atoms with Crippen LogP contribution in [0.5, 0.6) is 0 Å². The van der Waals surface area contributed by atoms with E-state index in [0.717, 1.165) is 29.4 Å². The minimum absolute atomic E-state index is 0.155. The second-order valence-electron chi connectivity index (χ2n) is 6.92. The van der Waals surface area contributed by atoms with Gasteiger partial charge < -0.3 is 0 Å². The highest BCUT2D eigenvalue weighted by Crippen LogP contribution is 2.35. The Labute approximate surface area is 147 Å².